The highest BCUT2D eigenvalue weighted by atomic mass is 35.5. The van der Waals surface area contributed by atoms with Crippen LogP contribution in [0.4, 0.5) is 0 Å². The number of likely N-dealkylation sites (tertiary alicyclic amines) is 1. The lowest BCUT2D eigenvalue weighted by atomic mass is 10.1. The molecule has 0 aromatic heterocycles. The Morgan fingerprint density at radius 1 is 1.15 bits per heavy atom. The van der Waals surface area contributed by atoms with Gasteiger partial charge in [-0.2, -0.15) is 0 Å². The number of carbonyl (C=O) groups is 1. The molecular weight excluding hydrogens is 297 g/mol. The van der Waals surface area contributed by atoms with E-state index in [1.807, 2.05) is 0 Å². The maximum atomic E-state index is 10.9. The van der Waals surface area contributed by atoms with Crippen molar-refractivity contribution in [3.05, 3.63) is 29.8 Å². The van der Waals surface area contributed by atoms with E-state index in [0.717, 1.165) is 18.7 Å². The molecule has 1 aromatic carbocycles. The summed E-state index contributed by atoms with van der Waals surface area (Å²) in [6.07, 6.45) is 5.07. The summed E-state index contributed by atoms with van der Waals surface area (Å²) in [6, 6.07) is 6.96. The molecule has 1 aliphatic rings. The molecule has 1 saturated heterocycles. The summed E-state index contributed by atoms with van der Waals surface area (Å²) in [6.45, 7) is 4.28. The molecule has 0 amide bonds. The Kier molecular flexibility index (Phi) is 7.97. The van der Waals surface area contributed by atoms with Crippen LogP contribution in [-0.4, -0.2) is 36.4 Å². The Hall–Kier alpha value is -0.770. The van der Waals surface area contributed by atoms with E-state index in [4.69, 9.17) is 16.3 Å². The van der Waals surface area contributed by atoms with E-state index in [-0.39, 0.29) is 12.4 Å². The lowest BCUT2D eigenvalue weighted by Gasteiger charge is -2.26. The van der Waals surface area contributed by atoms with Crippen LogP contribution < -0.4 is 4.74 Å². The Labute approximate surface area is 131 Å². The molecule has 0 atom stereocenters. The van der Waals surface area contributed by atoms with Gasteiger partial charge in [-0.05, 0) is 68.2 Å². The fraction of sp³-hybridized carbons (Fsp3) is 0.533. The van der Waals surface area contributed by atoms with Crippen molar-refractivity contribution < 1.29 is 9.53 Å². The van der Waals surface area contributed by atoms with Crippen LogP contribution in [0.3, 0.4) is 0 Å². The van der Waals surface area contributed by atoms with Gasteiger partial charge in [-0.25, -0.2) is 0 Å². The molecule has 0 spiro atoms. The zero-order valence-electron chi connectivity index (χ0n) is 11.5. The van der Waals surface area contributed by atoms with Gasteiger partial charge in [0.25, 0.3) is 5.24 Å². The van der Waals surface area contributed by atoms with Crippen LogP contribution in [0.15, 0.2) is 24.3 Å². The van der Waals surface area contributed by atoms with E-state index in [9.17, 15) is 4.79 Å². The second-order valence-electron chi connectivity index (χ2n) is 4.90. The summed E-state index contributed by atoms with van der Waals surface area (Å²) in [5.41, 5.74) is 0.502. The molecule has 0 N–H and O–H groups in total. The van der Waals surface area contributed by atoms with E-state index in [2.05, 4.69) is 4.90 Å². The van der Waals surface area contributed by atoms with E-state index < -0.39 is 5.24 Å². The standard InChI is InChI=1S/C15H20ClNO2.ClH/c16-15(18)13-5-7-14(8-6-13)19-12-4-11-17-9-2-1-3-10-17;/h5-8H,1-4,9-12H2;1H. The molecule has 20 heavy (non-hydrogen) atoms. The average Bonchev–Trinajstić information content (AvgIpc) is 2.45. The summed E-state index contributed by atoms with van der Waals surface area (Å²) in [5, 5.41) is -0.434. The smallest absolute Gasteiger partial charge is 0.252 e. The second-order valence-corrected chi connectivity index (χ2v) is 5.25. The molecule has 0 bridgehead atoms. The summed E-state index contributed by atoms with van der Waals surface area (Å²) < 4.78 is 5.65. The maximum Gasteiger partial charge on any atom is 0.252 e. The first-order valence-corrected chi connectivity index (χ1v) is 7.28. The van der Waals surface area contributed by atoms with Crippen LogP contribution in [0, 0.1) is 0 Å². The predicted molar refractivity (Wildman–Crippen MR) is 84.3 cm³/mol. The van der Waals surface area contributed by atoms with Crippen LogP contribution >= 0.6 is 24.0 Å². The van der Waals surface area contributed by atoms with Crippen LogP contribution in [0.2, 0.25) is 0 Å². The minimum atomic E-state index is -0.434. The van der Waals surface area contributed by atoms with Crippen LogP contribution in [0.25, 0.3) is 0 Å². The Morgan fingerprint density at radius 2 is 1.80 bits per heavy atom. The van der Waals surface area contributed by atoms with Crippen molar-refractivity contribution in [2.24, 2.45) is 0 Å². The summed E-state index contributed by atoms with van der Waals surface area (Å²) >= 11 is 5.38. The number of benzene rings is 1. The molecule has 0 unspecified atom stereocenters. The van der Waals surface area contributed by atoms with Gasteiger partial charge in [-0.3, -0.25) is 4.79 Å². The van der Waals surface area contributed by atoms with E-state index in [1.54, 1.807) is 24.3 Å². The molecule has 1 aliphatic heterocycles. The normalized spacial score (nSPS) is 15.4. The third-order valence-electron chi connectivity index (χ3n) is 3.42. The van der Waals surface area contributed by atoms with E-state index >= 15 is 0 Å². The van der Waals surface area contributed by atoms with Gasteiger partial charge in [0.15, 0.2) is 0 Å². The quantitative estimate of drug-likeness (QED) is 0.591. The average molecular weight is 318 g/mol. The minimum Gasteiger partial charge on any atom is -0.494 e. The van der Waals surface area contributed by atoms with Crippen LogP contribution in [0.1, 0.15) is 36.0 Å². The fourth-order valence-electron chi connectivity index (χ4n) is 2.34. The second kappa shape index (κ2) is 9.22. The van der Waals surface area contributed by atoms with Gasteiger partial charge in [0, 0.05) is 12.1 Å². The van der Waals surface area contributed by atoms with E-state index in [0.29, 0.717) is 12.2 Å². The Balaban J connectivity index is 0.00000200. The predicted octanol–water partition coefficient (Wildman–Crippen LogP) is 3.74. The van der Waals surface area contributed by atoms with Gasteiger partial charge in [0.2, 0.25) is 0 Å². The Morgan fingerprint density at radius 3 is 2.40 bits per heavy atom. The highest BCUT2D eigenvalue weighted by molar-refractivity contribution is 6.67. The number of piperidine rings is 1. The van der Waals surface area contributed by atoms with Crippen LogP contribution in [0.5, 0.6) is 5.75 Å². The number of ether oxygens (including phenoxy) is 1. The number of hydrogen-bond acceptors (Lipinski definition) is 3. The molecule has 1 fully saturated rings. The summed E-state index contributed by atoms with van der Waals surface area (Å²) in [7, 11) is 0. The first-order chi connectivity index (χ1) is 9.25. The molecule has 3 nitrogen and oxygen atoms in total. The topological polar surface area (TPSA) is 29.5 Å². The number of halogens is 2. The van der Waals surface area contributed by atoms with Gasteiger partial charge in [-0.1, -0.05) is 6.42 Å². The largest absolute Gasteiger partial charge is 0.494 e. The zero-order valence-corrected chi connectivity index (χ0v) is 13.1. The lowest BCUT2D eigenvalue weighted by molar-refractivity contribution is 0.108. The van der Waals surface area contributed by atoms with Gasteiger partial charge >= 0.3 is 0 Å². The molecule has 1 aromatic rings. The highest BCUT2D eigenvalue weighted by Gasteiger charge is 2.09. The molecule has 2 rings (SSSR count). The minimum absolute atomic E-state index is 0. The van der Waals surface area contributed by atoms with Crippen molar-refractivity contribution in [1.82, 2.24) is 4.90 Å². The summed E-state index contributed by atoms with van der Waals surface area (Å²) in [5.74, 6) is 0.792. The van der Waals surface area contributed by atoms with Crippen molar-refractivity contribution in [1.29, 1.82) is 0 Å². The summed E-state index contributed by atoms with van der Waals surface area (Å²) in [4.78, 5) is 13.4. The molecule has 0 saturated carbocycles. The third kappa shape index (κ3) is 5.70. The highest BCUT2D eigenvalue weighted by Crippen LogP contribution is 2.14. The molecule has 112 valence electrons. The van der Waals surface area contributed by atoms with Crippen molar-refractivity contribution in [3.8, 4) is 5.75 Å². The van der Waals surface area contributed by atoms with Crippen molar-refractivity contribution in [2.45, 2.75) is 25.7 Å². The molecule has 1 heterocycles. The van der Waals surface area contributed by atoms with Gasteiger partial charge in [0.1, 0.15) is 5.75 Å². The van der Waals surface area contributed by atoms with Crippen molar-refractivity contribution in [2.75, 3.05) is 26.2 Å². The molecule has 0 radical (unpaired) electrons. The zero-order chi connectivity index (χ0) is 13.5. The van der Waals surface area contributed by atoms with Crippen LogP contribution in [-0.2, 0) is 0 Å². The van der Waals surface area contributed by atoms with Gasteiger partial charge in [0.05, 0.1) is 6.61 Å². The monoisotopic (exact) mass is 317 g/mol. The van der Waals surface area contributed by atoms with Gasteiger partial charge < -0.3 is 9.64 Å². The first kappa shape index (κ1) is 17.3. The first-order valence-electron chi connectivity index (χ1n) is 6.91. The fourth-order valence-corrected chi connectivity index (χ4v) is 2.47. The third-order valence-corrected chi connectivity index (χ3v) is 3.64. The lowest BCUT2D eigenvalue weighted by Crippen LogP contribution is -2.31. The van der Waals surface area contributed by atoms with Crippen molar-refractivity contribution in [3.63, 3.8) is 0 Å². The Bertz CT molecular complexity index is 403. The molecule has 5 heteroatoms. The van der Waals surface area contributed by atoms with Gasteiger partial charge in [-0.15, -0.1) is 12.4 Å². The van der Waals surface area contributed by atoms with Crippen molar-refractivity contribution >= 4 is 29.3 Å². The molecule has 0 aliphatic carbocycles. The number of carbonyl (C=O) groups excluding carboxylic acids is 1. The molecular formula is C15H21Cl2NO2. The number of nitrogens with zero attached hydrogens (tertiary/aromatic N) is 1. The number of hydrogen-bond donors (Lipinski definition) is 0. The maximum absolute atomic E-state index is 10.9. The number of rotatable bonds is 6. The van der Waals surface area contributed by atoms with E-state index in [1.165, 1.54) is 32.4 Å². The SMILES string of the molecule is Cl.O=C(Cl)c1ccc(OCCCN2CCCCC2)cc1.